The highest BCUT2D eigenvalue weighted by Gasteiger charge is 2.58. The molecule has 0 bridgehead atoms. The molecule has 0 unspecified atom stereocenters. The van der Waals surface area contributed by atoms with Crippen molar-refractivity contribution in [1.29, 1.82) is 0 Å². The lowest BCUT2D eigenvalue weighted by atomic mass is 9.90. The minimum atomic E-state index is -0.361. The second-order valence-electron chi connectivity index (χ2n) is 12.2. The summed E-state index contributed by atoms with van der Waals surface area (Å²) >= 11 is 0. The topological polar surface area (TPSA) is 107 Å². The summed E-state index contributed by atoms with van der Waals surface area (Å²) in [5.41, 5.74) is 0.774. The number of likely N-dealkylation sites (tertiary alicyclic amines) is 1. The smallest absolute Gasteiger partial charge is 0.258 e. The molecule has 1 aromatic carbocycles. The first-order chi connectivity index (χ1) is 20.8. The summed E-state index contributed by atoms with van der Waals surface area (Å²) in [5, 5.41) is 4.67. The number of piperidine rings is 1. The Hall–Kier alpha value is -3.46. The van der Waals surface area contributed by atoms with Gasteiger partial charge in [-0.3, -0.25) is 14.4 Å². The molecule has 2 aromatic heterocycles. The van der Waals surface area contributed by atoms with Gasteiger partial charge in [-0.1, -0.05) is 26.7 Å². The van der Waals surface area contributed by atoms with Crippen LogP contribution in [0.2, 0.25) is 0 Å². The van der Waals surface area contributed by atoms with Crippen LogP contribution in [0, 0.1) is 11.3 Å². The lowest BCUT2D eigenvalue weighted by molar-refractivity contribution is -0.124. The molecule has 0 radical (unpaired) electrons. The van der Waals surface area contributed by atoms with Gasteiger partial charge < -0.3 is 23.9 Å². The van der Waals surface area contributed by atoms with Crippen LogP contribution in [0.25, 0.3) is 22.1 Å². The van der Waals surface area contributed by atoms with E-state index in [4.69, 9.17) is 9.15 Å². The fraction of sp³-hybridized carbons (Fsp3) is 0.588. The Morgan fingerprint density at radius 1 is 1.14 bits per heavy atom. The largest absolute Gasteiger partial charge is 0.496 e. The Balaban J connectivity index is 1.35. The molecule has 3 heterocycles. The molecule has 2 fully saturated rings. The highest BCUT2D eigenvalue weighted by atomic mass is 16.5. The fourth-order valence-corrected chi connectivity index (χ4v) is 6.64. The van der Waals surface area contributed by atoms with Gasteiger partial charge in [0.15, 0.2) is 5.76 Å². The van der Waals surface area contributed by atoms with Gasteiger partial charge in [0.05, 0.1) is 24.3 Å². The molecule has 1 aliphatic heterocycles. The number of hydrogen-bond acceptors (Lipinski definition) is 7. The molecular formula is C34H46N4O5. The first kappa shape index (κ1) is 31.0. The number of ketones is 1. The van der Waals surface area contributed by atoms with Gasteiger partial charge in [0.1, 0.15) is 17.6 Å². The van der Waals surface area contributed by atoms with Gasteiger partial charge in [0.25, 0.3) is 5.56 Å². The average Bonchev–Trinajstić information content (AvgIpc) is 3.50. The number of rotatable bonds is 14. The number of oxazole rings is 1. The average molecular weight is 591 g/mol. The molecule has 3 aromatic rings. The van der Waals surface area contributed by atoms with Gasteiger partial charge in [0, 0.05) is 31.5 Å². The van der Waals surface area contributed by atoms with E-state index in [2.05, 4.69) is 22.1 Å². The van der Waals surface area contributed by atoms with Crippen molar-refractivity contribution in [1.82, 2.24) is 19.8 Å². The molecule has 2 atom stereocenters. The number of Topliss-reactive ketones (excluding diaryl/α,β-unsaturated/α-hetero) is 1. The zero-order chi connectivity index (χ0) is 30.6. The van der Waals surface area contributed by atoms with Gasteiger partial charge in [-0.15, -0.1) is 0 Å². The maximum atomic E-state index is 13.5. The third-order valence-corrected chi connectivity index (χ3v) is 9.69. The van der Waals surface area contributed by atoms with E-state index in [-0.39, 0.29) is 34.6 Å². The summed E-state index contributed by atoms with van der Waals surface area (Å²) in [6, 6.07) is 5.21. The van der Waals surface area contributed by atoms with E-state index in [1.807, 2.05) is 26.0 Å². The number of nitrogens with one attached hydrogen (secondary N) is 1. The highest BCUT2D eigenvalue weighted by Crippen LogP contribution is 2.59. The summed E-state index contributed by atoms with van der Waals surface area (Å²) in [6.45, 7) is 9.80. The summed E-state index contributed by atoms with van der Waals surface area (Å²) in [5.74, 6) is 1.93. The molecule has 232 valence electrons. The first-order valence-electron chi connectivity index (χ1n) is 16.0. The number of aryl methyl sites for hydroxylation is 1. The molecule has 1 saturated carbocycles. The number of benzene rings is 1. The van der Waals surface area contributed by atoms with E-state index in [1.165, 1.54) is 0 Å². The van der Waals surface area contributed by atoms with E-state index in [0.29, 0.717) is 54.2 Å². The standard InChI is InChI=1S/C34H46N4O5/c1-5-24(39)11-9-8-10-12-28(36-31(40)27-21-34(27)14-17-37(6-2)18-15-34)32-35-22-30(43-32)26-19-23-13-16-38(7-3)33(41)25(23)20-29(26)42-4/h13,16,19-20,22,27-28H,5-12,14-15,17-18,21H2,1-4H3,(H,36,40)/t27-,28+/m1/s1. The van der Waals surface area contributed by atoms with Crippen molar-refractivity contribution < 1.29 is 18.7 Å². The van der Waals surface area contributed by atoms with Crippen LogP contribution in [0.4, 0.5) is 0 Å². The monoisotopic (exact) mass is 590 g/mol. The molecule has 5 rings (SSSR count). The number of pyridine rings is 1. The van der Waals surface area contributed by atoms with Crippen molar-refractivity contribution in [3.63, 3.8) is 0 Å². The van der Waals surface area contributed by atoms with E-state index in [1.54, 1.807) is 30.1 Å². The number of amides is 1. The van der Waals surface area contributed by atoms with Crippen molar-refractivity contribution in [3.05, 3.63) is 46.8 Å². The van der Waals surface area contributed by atoms with Crippen molar-refractivity contribution in [2.45, 2.75) is 91.1 Å². The molecule has 9 heteroatoms. The van der Waals surface area contributed by atoms with Crippen molar-refractivity contribution in [3.8, 4) is 17.1 Å². The number of carbonyl (C=O) groups is 2. The first-order valence-corrected chi connectivity index (χ1v) is 16.0. The van der Waals surface area contributed by atoms with Crippen LogP contribution in [0.1, 0.15) is 90.5 Å². The van der Waals surface area contributed by atoms with Crippen molar-refractivity contribution >= 4 is 22.5 Å². The number of carbonyl (C=O) groups excluding carboxylic acids is 2. The van der Waals surface area contributed by atoms with Crippen LogP contribution in [0.15, 0.2) is 39.8 Å². The van der Waals surface area contributed by atoms with E-state index >= 15 is 0 Å². The second kappa shape index (κ2) is 13.5. The Morgan fingerprint density at radius 3 is 2.63 bits per heavy atom. The van der Waals surface area contributed by atoms with Crippen LogP contribution in [-0.2, 0) is 16.1 Å². The third kappa shape index (κ3) is 6.71. The zero-order valence-corrected chi connectivity index (χ0v) is 26.1. The SMILES string of the molecule is CCC(=O)CCCCC[C@H](NC(=O)[C@H]1CC12CCN(CC)CC2)c1ncc(-c2cc3ccn(CC)c(=O)c3cc2OC)o1. The molecule has 1 aliphatic carbocycles. The second-order valence-corrected chi connectivity index (χ2v) is 12.2. The molecule has 2 aliphatic rings. The van der Waals surface area contributed by atoms with Gasteiger partial charge in [-0.25, -0.2) is 4.98 Å². The highest BCUT2D eigenvalue weighted by molar-refractivity contribution is 5.89. The summed E-state index contributed by atoms with van der Waals surface area (Å²) in [6.07, 6.45) is 11.0. The Morgan fingerprint density at radius 2 is 1.93 bits per heavy atom. The lowest BCUT2D eigenvalue weighted by Crippen LogP contribution is -2.37. The normalized spacial score (nSPS) is 18.6. The van der Waals surface area contributed by atoms with Crippen LogP contribution in [-0.4, -0.2) is 52.9 Å². The summed E-state index contributed by atoms with van der Waals surface area (Å²) < 4.78 is 13.7. The van der Waals surface area contributed by atoms with Crippen LogP contribution in [0.3, 0.4) is 0 Å². The van der Waals surface area contributed by atoms with E-state index in [0.717, 1.165) is 63.5 Å². The fourth-order valence-electron chi connectivity index (χ4n) is 6.64. The Bertz CT molecular complexity index is 1500. The quantitative estimate of drug-likeness (QED) is 0.233. The summed E-state index contributed by atoms with van der Waals surface area (Å²) in [4.78, 5) is 45.3. The number of ether oxygens (including phenoxy) is 1. The molecule has 43 heavy (non-hydrogen) atoms. The van der Waals surface area contributed by atoms with E-state index in [9.17, 15) is 14.4 Å². The number of unbranched alkanes of at least 4 members (excludes halogenated alkanes) is 2. The Labute approximate surface area is 254 Å². The number of methoxy groups -OCH3 is 1. The van der Waals surface area contributed by atoms with Crippen molar-refractivity contribution in [2.24, 2.45) is 11.3 Å². The molecule has 1 saturated heterocycles. The van der Waals surface area contributed by atoms with Crippen molar-refractivity contribution in [2.75, 3.05) is 26.7 Å². The predicted molar refractivity (Wildman–Crippen MR) is 167 cm³/mol. The summed E-state index contributed by atoms with van der Waals surface area (Å²) in [7, 11) is 1.58. The maximum absolute atomic E-state index is 13.5. The molecule has 1 N–H and O–H groups in total. The van der Waals surface area contributed by atoms with Crippen LogP contribution >= 0.6 is 0 Å². The third-order valence-electron chi connectivity index (χ3n) is 9.69. The predicted octanol–water partition coefficient (Wildman–Crippen LogP) is 5.89. The Kier molecular flexibility index (Phi) is 9.69. The molecule has 1 spiro atoms. The molecule has 1 amide bonds. The van der Waals surface area contributed by atoms with Gasteiger partial charge >= 0.3 is 0 Å². The maximum Gasteiger partial charge on any atom is 0.258 e. The molecule has 9 nitrogen and oxygen atoms in total. The van der Waals surface area contributed by atoms with Gasteiger partial charge in [-0.2, -0.15) is 0 Å². The number of nitrogens with zero attached hydrogens (tertiary/aromatic N) is 3. The van der Waals surface area contributed by atoms with Gasteiger partial charge in [-0.05, 0) is 87.7 Å². The van der Waals surface area contributed by atoms with Gasteiger partial charge in [0.2, 0.25) is 11.8 Å². The van der Waals surface area contributed by atoms with Crippen LogP contribution < -0.4 is 15.6 Å². The molecular weight excluding hydrogens is 544 g/mol. The number of hydrogen-bond donors (Lipinski definition) is 1. The number of aromatic nitrogens is 2. The number of fused-ring (bicyclic) bond motifs is 1. The van der Waals surface area contributed by atoms with E-state index < -0.39 is 0 Å². The van der Waals surface area contributed by atoms with Crippen LogP contribution in [0.5, 0.6) is 5.75 Å². The minimum Gasteiger partial charge on any atom is -0.496 e. The minimum absolute atomic E-state index is 0.0402. The lowest BCUT2D eigenvalue weighted by Gasteiger charge is -2.32. The zero-order valence-electron chi connectivity index (χ0n) is 26.1.